The lowest BCUT2D eigenvalue weighted by Gasteiger charge is -2.13. The van der Waals surface area contributed by atoms with Crippen molar-refractivity contribution in [2.24, 2.45) is 5.73 Å². The van der Waals surface area contributed by atoms with Gasteiger partial charge in [0.2, 0.25) is 0 Å². The first kappa shape index (κ1) is 15.9. The zero-order valence-electron chi connectivity index (χ0n) is 10.2. The lowest BCUT2D eigenvalue weighted by atomic mass is 10.2. The molecule has 7 heteroatoms. The van der Waals surface area contributed by atoms with E-state index >= 15 is 0 Å². The van der Waals surface area contributed by atoms with Crippen molar-refractivity contribution in [3.05, 3.63) is 35.1 Å². The number of halogens is 2. The van der Waals surface area contributed by atoms with Gasteiger partial charge in [0.1, 0.15) is 0 Å². The minimum atomic E-state index is -0.0119. The monoisotopic (exact) mass is 302 g/mol. The van der Waals surface area contributed by atoms with Gasteiger partial charge in [-0.1, -0.05) is 0 Å². The van der Waals surface area contributed by atoms with E-state index in [0.717, 1.165) is 19.3 Å². The summed E-state index contributed by atoms with van der Waals surface area (Å²) in [6.07, 6.45) is 7.64. The quantitative estimate of drug-likeness (QED) is 0.870. The Kier molecular flexibility index (Phi) is 5.29. The first-order valence-electron chi connectivity index (χ1n) is 5.82. The van der Waals surface area contributed by atoms with Gasteiger partial charge in [-0.25, -0.2) is 4.98 Å². The molecular weight excluding hydrogens is 287 g/mol. The third-order valence-electron chi connectivity index (χ3n) is 3.42. The fraction of sp³-hybridized carbons (Fsp3) is 0.417. The summed E-state index contributed by atoms with van der Waals surface area (Å²) in [5.41, 5.74) is 6.56. The highest BCUT2D eigenvalue weighted by molar-refractivity contribution is 5.85. The highest BCUT2D eigenvalue weighted by atomic mass is 35.5. The molecule has 0 aromatic carbocycles. The highest BCUT2D eigenvalue weighted by Crippen LogP contribution is 2.27. The maximum absolute atomic E-state index is 12.3. The highest BCUT2D eigenvalue weighted by Gasteiger charge is 2.24. The van der Waals surface area contributed by atoms with Crippen molar-refractivity contribution in [3.8, 4) is 0 Å². The second-order valence-corrected chi connectivity index (χ2v) is 4.58. The summed E-state index contributed by atoms with van der Waals surface area (Å²) in [6.45, 7) is 0. The molecule has 0 bridgehead atoms. The van der Waals surface area contributed by atoms with E-state index in [0.29, 0.717) is 10.9 Å². The van der Waals surface area contributed by atoms with Gasteiger partial charge in [0.25, 0.3) is 5.56 Å². The predicted molar refractivity (Wildman–Crippen MR) is 79.2 cm³/mol. The molecule has 0 spiro atoms. The molecule has 2 heterocycles. The van der Waals surface area contributed by atoms with E-state index in [4.69, 9.17) is 5.73 Å². The lowest BCUT2D eigenvalue weighted by Crippen LogP contribution is -2.25. The van der Waals surface area contributed by atoms with Gasteiger partial charge in [0, 0.05) is 24.5 Å². The minimum Gasteiger partial charge on any atom is -0.328 e. The number of fused-ring (bicyclic) bond motifs is 1. The fourth-order valence-electron chi connectivity index (χ4n) is 2.48. The maximum atomic E-state index is 12.3. The summed E-state index contributed by atoms with van der Waals surface area (Å²) < 4.78 is 1.71. The largest absolute Gasteiger partial charge is 0.328 e. The smallest absolute Gasteiger partial charge is 0.263 e. The Morgan fingerprint density at radius 1 is 1.32 bits per heavy atom. The van der Waals surface area contributed by atoms with Crippen LogP contribution >= 0.6 is 24.8 Å². The van der Waals surface area contributed by atoms with Crippen molar-refractivity contribution in [2.75, 3.05) is 0 Å². The second kappa shape index (κ2) is 6.32. The third-order valence-corrected chi connectivity index (χ3v) is 3.42. The maximum Gasteiger partial charge on any atom is 0.263 e. The molecular formula is C12H16Cl2N4O. The Morgan fingerprint density at radius 3 is 2.79 bits per heavy atom. The fourth-order valence-corrected chi connectivity index (χ4v) is 2.48. The molecule has 1 saturated carbocycles. The summed E-state index contributed by atoms with van der Waals surface area (Å²) in [7, 11) is 0. The Hall–Kier alpha value is -1.17. The molecule has 2 aromatic heterocycles. The van der Waals surface area contributed by atoms with Crippen molar-refractivity contribution in [2.45, 2.75) is 31.3 Å². The van der Waals surface area contributed by atoms with Crippen molar-refractivity contribution in [1.29, 1.82) is 0 Å². The summed E-state index contributed by atoms with van der Waals surface area (Å²) >= 11 is 0. The molecule has 2 atom stereocenters. The topological polar surface area (TPSA) is 73.8 Å². The van der Waals surface area contributed by atoms with Crippen molar-refractivity contribution < 1.29 is 0 Å². The van der Waals surface area contributed by atoms with E-state index in [9.17, 15) is 4.79 Å². The van der Waals surface area contributed by atoms with E-state index in [1.54, 1.807) is 29.4 Å². The third kappa shape index (κ3) is 2.88. The Bertz CT molecular complexity index is 616. The molecule has 0 unspecified atom stereocenters. The minimum absolute atomic E-state index is 0. The van der Waals surface area contributed by atoms with Gasteiger partial charge < -0.3 is 5.73 Å². The number of hydrogen-bond donors (Lipinski definition) is 1. The molecule has 1 fully saturated rings. The molecule has 19 heavy (non-hydrogen) atoms. The molecule has 0 radical (unpaired) electrons. The molecule has 2 N–H and O–H groups in total. The van der Waals surface area contributed by atoms with E-state index in [-0.39, 0.29) is 42.5 Å². The van der Waals surface area contributed by atoms with Crippen LogP contribution in [0.3, 0.4) is 0 Å². The molecule has 5 nitrogen and oxygen atoms in total. The van der Waals surface area contributed by atoms with E-state index in [2.05, 4.69) is 9.97 Å². The SMILES string of the molecule is Cl.Cl.N[C@@H]1CC[C@@H](n2cnc3ccncc3c2=O)C1. The molecule has 0 amide bonds. The summed E-state index contributed by atoms with van der Waals surface area (Å²) in [5, 5.41) is 0.579. The van der Waals surface area contributed by atoms with E-state index in [1.165, 1.54) is 0 Å². The molecule has 0 saturated heterocycles. The van der Waals surface area contributed by atoms with Crippen molar-refractivity contribution in [1.82, 2.24) is 14.5 Å². The van der Waals surface area contributed by atoms with Gasteiger partial charge >= 0.3 is 0 Å². The van der Waals surface area contributed by atoms with Crippen LogP contribution in [0.2, 0.25) is 0 Å². The lowest BCUT2D eigenvalue weighted by molar-refractivity contribution is 0.491. The van der Waals surface area contributed by atoms with Crippen LogP contribution in [-0.4, -0.2) is 20.6 Å². The van der Waals surface area contributed by atoms with Crippen LogP contribution in [-0.2, 0) is 0 Å². The number of rotatable bonds is 1. The van der Waals surface area contributed by atoms with Gasteiger partial charge in [0.05, 0.1) is 17.2 Å². The summed E-state index contributed by atoms with van der Waals surface area (Å²) in [4.78, 5) is 20.5. The van der Waals surface area contributed by atoms with Crippen molar-refractivity contribution >= 4 is 35.7 Å². The normalized spacial score (nSPS) is 21.7. The first-order chi connectivity index (χ1) is 8.25. The van der Waals surface area contributed by atoms with Gasteiger partial charge in [-0.3, -0.25) is 14.3 Å². The summed E-state index contributed by atoms with van der Waals surface area (Å²) in [6, 6.07) is 2.15. The molecule has 2 aromatic rings. The van der Waals surface area contributed by atoms with E-state index < -0.39 is 0 Å². The van der Waals surface area contributed by atoms with Crippen LogP contribution in [0, 0.1) is 0 Å². The summed E-state index contributed by atoms with van der Waals surface area (Å²) in [5.74, 6) is 0. The molecule has 1 aliphatic rings. The number of hydrogen-bond acceptors (Lipinski definition) is 4. The molecule has 3 rings (SSSR count). The van der Waals surface area contributed by atoms with Crippen LogP contribution in [0.1, 0.15) is 25.3 Å². The van der Waals surface area contributed by atoms with Gasteiger partial charge in [-0.05, 0) is 25.3 Å². The van der Waals surface area contributed by atoms with Crippen LogP contribution in [0.15, 0.2) is 29.6 Å². The van der Waals surface area contributed by atoms with Crippen LogP contribution in [0.25, 0.3) is 10.9 Å². The zero-order valence-corrected chi connectivity index (χ0v) is 11.9. The Balaban J connectivity index is 0.000000902. The zero-order chi connectivity index (χ0) is 11.8. The van der Waals surface area contributed by atoms with E-state index in [1.807, 2.05) is 0 Å². The number of nitrogens with zero attached hydrogens (tertiary/aromatic N) is 3. The Labute approximate surface area is 123 Å². The number of nitrogens with two attached hydrogens (primary N) is 1. The predicted octanol–water partition coefficient (Wildman–Crippen LogP) is 1.69. The van der Waals surface area contributed by atoms with Crippen LogP contribution in [0.4, 0.5) is 0 Å². The van der Waals surface area contributed by atoms with Gasteiger partial charge in [-0.15, -0.1) is 24.8 Å². The average molecular weight is 303 g/mol. The average Bonchev–Trinajstić information content (AvgIpc) is 2.77. The molecule has 0 aliphatic heterocycles. The van der Waals surface area contributed by atoms with Gasteiger partial charge in [0.15, 0.2) is 0 Å². The van der Waals surface area contributed by atoms with Crippen LogP contribution < -0.4 is 11.3 Å². The number of aromatic nitrogens is 3. The van der Waals surface area contributed by atoms with Crippen LogP contribution in [0.5, 0.6) is 0 Å². The van der Waals surface area contributed by atoms with Gasteiger partial charge in [-0.2, -0.15) is 0 Å². The Morgan fingerprint density at radius 2 is 2.11 bits per heavy atom. The molecule has 1 aliphatic carbocycles. The first-order valence-corrected chi connectivity index (χ1v) is 5.82. The van der Waals surface area contributed by atoms with Crippen molar-refractivity contribution in [3.63, 3.8) is 0 Å². The second-order valence-electron chi connectivity index (χ2n) is 4.58. The standard InChI is InChI=1S/C12H14N4O.2ClH/c13-8-1-2-9(5-8)16-7-15-11-3-4-14-6-10(11)12(16)17;;/h3-4,6-9H,1-2,5,13H2;2*1H/t8-,9-;;/m1../s1. The molecule has 104 valence electrons. The number of pyridine rings is 1.